The van der Waals surface area contributed by atoms with Crippen molar-refractivity contribution in [2.24, 2.45) is 0 Å². The van der Waals surface area contributed by atoms with Gasteiger partial charge in [-0.05, 0) is 56.8 Å². The van der Waals surface area contributed by atoms with Gasteiger partial charge in [-0.25, -0.2) is 0 Å². The van der Waals surface area contributed by atoms with Crippen LogP contribution in [-0.2, 0) is 6.18 Å². The molecule has 0 radical (unpaired) electrons. The van der Waals surface area contributed by atoms with Gasteiger partial charge in [-0.3, -0.25) is 4.40 Å². The summed E-state index contributed by atoms with van der Waals surface area (Å²) in [5.41, 5.74) is -1.18. The van der Waals surface area contributed by atoms with E-state index in [1.165, 1.54) is 0 Å². The fraction of sp³-hybridized carbons (Fsp3) is 0.400. The predicted octanol–water partition coefficient (Wildman–Crippen LogP) is 4.82. The van der Waals surface area contributed by atoms with E-state index in [-0.39, 0.29) is 17.3 Å². The lowest BCUT2D eigenvalue weighted by Gasteiger charge is -2.30. The van der Waals surface area contributed by atoms with E-state index < -0.39 is 23.9 Å². The second-order valence-electron chi connectivity index (χ2n) is 7.64. The molecule has 1 saturated heterocycles. The van der Waals surface area contributed by atoms with E-state index in [0.29, 0.717) is 23.6 Å². The molecule has 0 unspecified atom stereocenters. The Hall–Kier alpha value is -3.02. The largest absolute Gasteiger partial charge is 0.573 e. The van der Waals surface area contributed by atoms with Gasteiger partial charge in [0.1, 0.15) is 11.4 Å². The molecule has 12 heteroatoms. The van der Waals surface area contributed by atoms with Crippen molar-refractivity contribution in [3.05, 3.63) is 42.1 Å². The third kappa shape index (κ3) is 4.74. The number of hydrogen-bond donors (Lipinski definition) is 1. The second kappa shape index (κ2) is 8.15. The highest BCUT2D eigenvalue weighted by atomic mass is 19.4. The van der Waals surface area contributed by atoms with Gasteiger partial charge >= 0.3 is 12.5 Å². The first kappa shape index (κ1) is 22.2. The lowest BCUT2D eigenvalue weighted by Crippen LogP contribution is -2.40. The minimum Gasteiger partial charge on any atom is -0.405 e. The zero-order valence-corrected chi connectivity index (χ0v) is 16.8. The number of halogens is 6. The number of nitrogens with one attached hydrogen (secondary N) is 1. The van der Waals surface area contributed by atoms with Crippen molar-refractivity contribution in [2.75, 3.05) is 25.5 Å². The Kier molecular flexibility index (Phi) is 5.65. The lowest BCUT2D eigenvalue weighted by atomic mass is 10.1. The number of fused-ring (bicyclic) bond motifs is 1. The first-order chi connectivity index (χ1) is 15.0. The number of likely N-dealkylation sites (N-methyl/N-ethyl adjacent to an activating group) is 1. The van der Waals surface area contributed by atoms with Gasteiger partial charge in [0.25, 0.3) is 0 Å². The van der Waals surface area contributed by atoms with Crippen LogP contribution >= 0.6 is 0 Å². The minimum atomic E-state index is -5.18. The van der Waals surface area contributed by atoms with Gasteiger partial charge in [-0.15, -0.1) is 23.4 Å². The molecule has 0 bridgehead atoms. The molecule has 1 fully saturated rings. The van der Waals surface area contributed by atoms with Crippen molar-refractivity contribution in [3.8, 4) is 17.0 Å². The Labute approximate surface area is 178 Å². The summed E-state index contributed by atoms with van der Waals surface area (Å²) in [6, 6.07) is 5.25. The van der Waals surface area contributed by atoms with Gasteiger partial charge in [-0.1, -0.05) is 0 Å². The van der Waals surface area contributed by atoms with Gasteiger partial charge in [0.05, 0.1) is 11.1 Å². The zero-order chi connectivity index (χ0) is 23.1. The highest BCUT2D eigenvalue weighted by molar-refractivity contribution is 5.81. The number of piperidine rings is 1. The molecule has 3 aromatic rings. The third-order valence-electron chi connectivity index (χ3n) is 5.21. The number of hydrogen-bond acceptors (Lipinski definition) is 5. The van der Waals surface area contributed by atoms with Crippen LogP contribution in [0.25, 0.3) is 16.8 Å². The fourth-order valence-electron chi connectivity index (χ4n) is 3.82. The SMILES string of the molecule is CN1CCC[C@@H](Nc2nnc(-c3ccc(C(F)(F)F)cc3OC(F)(F)F)c3cccn23)C1. The maximum absolute atomic E-state index is 13.1. The fourth-order valence-corrected chi connectivity index (χ4v) is 3.82. The molecule has 0 saturated carbocycles. The molecule has 0 aliphatic carbocycles. The molecule has 2 aromatic heterocycles. The molecule has 6 nitrogen and oxygen atoms in total. The van der Waals surface area contributed by atoms with E-state index in [0.717, 1.165) is 32.0 Å². The molecule has 0 spiro atoms. The highest BCUT2D eigenvalue weighted by Gasteiger charge is 2.36. The molecule has 4 rings (SSSR count). The van der Waals surface area contributed by atoms with Crippen molar-refractivity contribution in [1.82, 2.24) is 19.5 Å². The van der Waals surface area contributed by atoms with Crippen LogP contribution in [0.4, 0.5) is 32.3 Å². The van der Waals surface area contributed by atoms with E-state index in [2.05, 4.69) is 25.2 Å². The summed E-state index contributed by atoms with van der Waals surface area (Å²) in [5.74, 6) is -0.612. The Morgan fingerprint density at radius 1 is 1.09 bits per heavy atom. The molecule has 1 aliphatic heterocycles. The number of rotatable bonds is 4. The van der Waals surface area contributed by atoms with Crippen LogP contribution in [0.15, 0.2) is 36.5 Å². The van der Waals surface area contributed by atoms with E-state index >= 15 is 0 Å². The molecule has 1 N–H and O–H groups in total. The average Bonchev–Trinajstić information content (AvgIpc) is 3.17. The summed E-state index contributed by atoms with van der Waals surface area (Å²) in [6.07, 6.45) is -6.45. The van der Waals surface area contributed by atoms with Crippen molar-refractivity contribution in [3.63, 3.8) is 0 Å². The molecule has 0 amide bonds. The average molecular weight is 459 g/mol. The molecular formula is C20H19F6N5O. The summed E-state index contributed by atoms with van der Waals surface area (Å²) in [4.78, 5) is 2.17. The lowest BCUT2D eigenvalue weighted by molar-refractivity contribution is -0.274. The first-order valence-electron chi connectivity index (χ1n) is 9.77. The summed E-state index contributed by atoms with van der Waals surface area (Å²) >= 11 is 0. The summed E-state index contributed by atoms with van der Waals surface area (Å²) in [5, 5.41) is 11.4. The number of anilines is 1. The number of ether oxygens (including phenoxy) is 1. The number of alkyl halides is 6. The normalized spacial score (nSPS) is 18.2. The zero-order valence-electron chi connectivity index (χ0n) is 16.8. The molecule has 1 atom stereocenters. The van der Waals surface area contributed by atoms with E-state index in [1.54, 1.807) is 22.7 Å². The molecule has 1 aromatic carbocycles. The van der Waals surface area contributed by atoms with Crippen molar-refractivity contribution < 1.29 is 31.1 Å². The van der Waals surface area contributed by atoms with Crippen molar-refractivity contribution in [1.29, 1.82) is 0 Å². The van der Waals surface area contributed by atoms with E-state index in [4.69, 9.17) is 0 Å². The van der Waals surface area contributed by atoms with Crippen LogP contribution in [0.1, 0.15) is 18.4 Å². The summed E-state index contributed by atoms with van der Waals surface area (Å²) in [7, 11) is 2.00. The second-order valence-corrected chi connectivity index (χ2v) is 7.64. The maximum Gasteiger partial charge on any atom is 0.573 e. The van der Waals surface area contributed by atoms with Crippen LogP contribution in [0.5, 0.6) is 5.75 Å². The van der Waals surface area contributed by atoms with E-state index in [9.17, 15) is 26.3 Å². The number of nitrogens with zero attached hydrogens (tertiary/aromatic N) is 4. The first-order valence-corrected chi connectivity index (χ1v) is 9.77. The quantitative estimate of drug-likeness (QED) is 0.567. The van der Waals surface area contributed by atoms with Crippen LogP contribution in [0.3, 0.4) is 0 Å². The van der Waals surface area contributed by atoms with Gasteiger partial charge in [0, 0.05) is 24.3 Å². The summed E-state index contributed by atoms with van der Waals surface area (Å²) in [6.45, 7) is 1.77. The smallest absolute Gasteiger partial charge is 0.405 e. The molecule has 1 aliphatic rings. The van der Waals surface area contributed by atoms with E-state index in [1.807, 2.05) is 7.05 Å². The van der Waals surface area contributed by atoms with Gasteiger partial charge in [-0.2, -0.15) is 13.2 Å². The van der Waals surface area contributed by atoms with Crippen molar-refractivity contribution in [2.45, 2.75) is 31.4 Å². The number of likely N-dealkylation sites (tertiary alicyclic amines) is 1. The Bertz CT molecular complexity index is 1110. The predicted molar refractivity (Wildman–Crippen MR) is 104 cm³/mol. The topological polar surface area (TPSA) is 54.7 Å². The van der Waals surface area contributed by atoms with Crippen LogP contribution in [-0.4, -0.2) is 52.0 Å². The van der Waals surface area contributed by atoms with Gasteiger partial charge < -0.3 is 15.0 Å². The monoisotopic (exact) mass is 459 g/mol. The standard InChI is InChI=1S/C20H19F6N5O/c1-30-8-2-4-13(11-30)27-18-29-28-17(15-5-3-9-31(15)18)14-7-6-12(19(21,22)23)10-16(14)32-20(24,25)26/h3,5-7,9-10,13H,2,4,8,11H2,1H3,(H,27,29)/t13-/m1/s1. The Morgan fingerprint density at radius 3 is 2.56 bits per heavy atom. The van der Waals surface area contributed by atoms with Crippen LogP contribution in [0.2, 0.25) is 0 Å². The third-order valence-corrected chi connectivity index (χ3v) is 5.21. The molecule has 172 valence electrons. The Balaban J connectivity index is 1.76. The molecular weight excluding hydrogens is 440 g/mol. The molecule has 32 heavy (non-hydrogen) atoms. The Morgan fingerprint density at radius 2 is 1.88 bits per heavy atom. The number of aromatic nitrogens is 3. The van der Waals surface area contributed by atoms with Crippen LogP contribution < -0.4 is 10.1 Å². The van der Waals surface area contributed by atoms with Gasteiger partial charge in [0.15, 0.2) is 0 Å². The van der Waals surface area contributed by atoms with Crippen LogP contribution in [0, 0.1) is 0 Å². The highest BCUT2D eigenvalue weighted by Crippen LogP contribution is 2.40. The van der Waals surface area contributed by atoms with Gasteiger partial charge in [0.2, 0.25) is 5.95 Å². The van der Waals surface area contributed by atoms with Crippen molar-refractivity contribution >= 4 is 11.5 Å². The minimum absolute atomic E-state index is 0.0331. The maximum atomic E-state index is 13.1. The molecule has 3 heterocycles. The summed E-state index contributed by atoms with van der Waals surface area (Å²) < 4.78 is 83.4. The number of benzene rings is 1.